The summed E-state index contributed by atoms with van der Waals surface area (Å²) in [4.78, 5) is 14.7. The van der Waals surface area contributed by atoms with Gasteiger partial charge in [-0.3, -0.25) is 4.79 Å². The third kappa shape index (κ3) is 4.44. The summed E-state index contributed by atoms with van der Waals surface area (Å²) >= 11 is 0. The molecule has 7 nitrogen and oxygen atoms in total. The van der Waals surface area contributed by atoms with Gasteiger partial charge in [-0.05, 0) is 61.4 Å². The van der Waals surface area contributed by atoms with E-state index in [1.165, 1.54) is 18.4 Å². The summed E-state index contributed by atoms with van der Waals surface area (Å²) in [6, 6.07) is 13.9. The van der Waals surface area contributed by atoms with Crippen LogP contribution < -0.4 is 4.72 Å². The number of carbonyl (C=O) groups is 1. The van der Waals surface area contributed by atoms with Gasteiger partial charge in [0.05, 0.1) is 17.7 Å². The molecule has 1 aliphatic heterocycles. The van der Waals surface area contributed by atoms with Crippen LogP contribution in [0.5, 0.6) is 0 Å². The third-order valence-corrected chi connectivity index (χ3v) is 6.65. The summed E-state index contributed by atoms with van der Waals surface area (Å²) in [5.41, 5.74) is 0.495. The van der Waals surface area contributed by atoms with E-state index in [1.807, 2.05) is 17.0 Å². The lowest BCUT2D eigenvalue weighted by atomic mass is 10.0. The fourth-order valence-electron chi connectivity index (χ4n) is 3.58. The number of nitrogens with one attached hydrogen (secondary N) is 1. The molecule has 1 N–H and O–H groups in total. The first-order chi connectivity index (χ1) is 14.0. The van der Waals surface area contributed by atoms with Gasteiger partial charge in [0.25, 0.3) is 5.91 Å². The molecule has 2 aromatic heterocycles. The number of rotatable bonds is 6. The molecule has 8 heteroatoms. The molecule has 3 heterocycles. The zero-order valence-electron chi connectivity index (χ0n) is 15.9. The lowest BCUT2D eigenvalue weighted by Gasteiger charge is -2.32. The van der Waals surface area contributed by atoms with Crippen LogP contribution in [-0.4, -0.2) is 36.9 Å². The summed E-state index contributed by atoms with van der Waals surface area (Å²) < 4.78 is 34.6. The van der Waals surface area contributed by atoms with Crippen LogP contribution in [0.25, 0.3) is 0 Å². The topological polar surface area (TPSA) is 84.5 Å². The molecule has 152 valence electrons. The van der Waals surface area contributed by atoms with E-state index in [2.05, 4.69) is 21.7 Å². The molecule has 0 bridgehead atoms. The van der Waals surface area contributed by atoms with Crippen LogP contribution in [-0.2, 0) is 16.6 Å². The van der Waals surface area contributed by atoms with E-state index in [0.29, 0.717) is 30.5 Å². The fourth-order valence-corrected chi connectivity index (χ4v) is 4.57. The molecular formula is C21H23N3O4S. The Morgan fingerprint density at radius 2 is 1.72 bits per heavy atom. The molecule has 0 aliphatic carbocycles. The zero-order valence-corrected chi connectivity index (χ0v) is 16.7. The Balaban J connectivity index is 1.36. The van der Waals surface area contributed by atoms with Gasteiger partial charge in [0.15, 0.2) is 0 Å². The van der Waals surface area contributed by atoms with Crippen molar-refractivity contribution in [2.24, 2.45) is 0 Å². The normalized spacial score (nSPS) is 15.5. The number of nitrogens with zero attached hydrogens (tertiary/aromatic N) is 2. The molecule has 3 aromatic rings. The molecule has 0 radical (unpaired) electrons. The maximum Gasteiger partial charge on any atom is 0.253 e. The molecule has 1 saturated heterocycles. The van der Waals surface area contributed by atoms with E-state index in [4.69, 9.17) is 4.42 Å². The van der Waals surface area contributed by atoms with Crippen molar-refractivity contribution < 1.29 is 17.6 Å². The number of hydrogen-bond acceptors (Lipinski definition) is 4. The van der Waals surface area contributed by atoms with Crippen molar-refractivity contribution in [2.75, 3.05) is 13.1 Å². The minimum Gasteiger partial charge on any atom is -0.468 e. The molecule has 0 atom stereocenters. The Bertz CT molecular complexity index is 1030. The fraction of sp³-hybridized carbons (Fsp3) is 0.286. The van der Waals surface area contributed by atoms with Crippen LogP contribution in [0, 0.1) is 0 Å². The van der Waals surface area contributed by atoms with Crippen LogP contribution in [0.1, 0.15) is 35.0 Å². The van der Waals surface area contributed by atoms with E-state index in [-0.39, 0.29) is 17.3 Å². The van der Waals surface area contributed by atoms with Crippen LogP contribution in [0.4, 0.5) is 0 Å². The van der Waals surface area contributed by atoms with Gasteiger partial charge >= 0.3 is 0 Å². The Labute approximate surface area is 170 Å². The van der Waals surface area contributed by atoms with Gasteiger partial charge in [0.1, 0.15) is 5.76 Å². The van der Waals surface area contributed by atoms with Crippen LogP contribution in [0.2, 0.25) is 0 Å². The molecule has 1 aromatic carbocycles. The molecule has 4 rings (SSSR count). The number of hydrogen-bond donors (Lipinski definition) is 1. The van der Waals surface area contributed by atoms with Gasteiger partial charge in [0.2, 0.25) is 10.0 Å². The van der Waals surface area contributed by atoms with Crippen molar-refractivity contribution in [2.45, 2.75) is 30.3 Å². The molecule has 1 amide bonds. The van der Waals surface area contributed by atoms with E-state index < -0.39 is 10.0 Å². The minimum atomic E-state index is -3.67. The number of likely N-dealkylation sites (tertiary alicyclic amines) is 1. The standard InChI is InChI=1S/C21H23N3O4S/c25-21(24-13-9-18(10-14-24)23-11-1-2-12-23)17-5-7-20(8-6-17)29(26,27)22-16-19-4-3-15-28-19/h1-8,11-12,15,18,22H,9-10,13-14,16H2. The maximum absolute atomic E-state index is 12.8. The van der Waals surface area contributed by atoms with Crippen molar-refractivity contribution in [1.29, 1.82) is 0 Å². The van der Waals surface area contributed by atoms with Gasteiger partial charge < -0.3 is 13.9 Å². The molecular weight excluding hydrogens is 390 g/mol. The highest BCUT2D eigenvalue weighted by Crippen LogP contribution is 2.24. The lowest BCUT2D eigenvalue weighted by Crippen LogP contribution is -2.38. The second-order valence-electron chi connectivity index (χ2n) is 7.08. The van der Waals surface area contributed by atoms with Crippen molar-refractivity contribution in [3.05, 3.63) is 78.5 Å². The third-order valence-electron chi connectivity index (χ3n) is 5.23. The number of carbonyl (C=O) groups excluding carboxylic acids is 1. The van der Waals surface area contributed by atoms with Crippen molar-refractivity contribution in [3.63, 3.8) is 0 Å². The van der Waals surface area contributed by atoms with E-state index in [9.17, 15) is 13.2 Å². The Kier molecular flexibility index (Phi) is 5.55. The summed E-state index contributed by atoms with van der Waals surface area (Å²) in [5.74, 6) is 0.465. The van der Waals surface area contributed by atoms with Crippen LogP contribution in [0.15, 0.2) is 76.5 Å². The van der Waals surface area contributed by atoms with E-state index in [1.54, 1.807) is 24.3 Å². The average molecular weight is 413 g/mol. The van der Waals surface area contributed by atoms with Gasteiger partial charge in [0, 0.05) is 37.1 Å². The highest BCUT2D eigenvalue weighted by Gasteiger charge is 2.24. The maximum atomic E-state index is 12.8. The SMILES string of the molecule is O=C(c1ccc(S(=O)(=O)NCc2ccco2)cc1)N1CCC(n2cccc2)CC1. The van der Waals surface area contributed by atoms with Crippen LogP contribution >= 0.6 is 0 Å². The number of furan rings is 1. The molecule has 0 saturated carbocycles. The van der Waals surface area contributed by atoms with Crippen molar-refractivity contribution in [3.8, 4) is 0 Å². The minimum absolute atomic E-state index is 0.0663. The summed E-state index contributed by atoms with van der Waals surface area (Å²) in [6.07, 6.45) is 7.42. The Morgan fingerprint density at radius 3 is 2.34 bits per heavy atom. The van der Waals surface area contributed by atoms with Crippen molar-refractivity contribution >= 4 is 15.9 Å². The van der Waals surface area contributed by atoms with Crippen molar-refractivity contribution in [1.82, 2.24) is 14.2 Å². The largest absolute Gasteiger partial charge is 0.468 e. The second kappa shape index (κ2) is 8.26. The summed E-state index contributed by atoms with van der Waals surface area (Å²) in [5, 5.41) is 0. The van der Waals surface area contributed by atoms with E-state index in [0.717, 1.165) is 12.8 Å². The summed E-state index contributed by atoms with van der Waals surface area (Å²) in [7, 11) is -3.67. The molecule has 1 fully saturated rings. The smallest absolute Gasteiger partial charge is 0.253 e. The average Bonchev–Trinajstić information content (AvgIpc) is 3.46. The first kappa shape index (κ1) is 19.5. The number of benzene rings is 1. The van der Waals surface area contributed by atoms with Gasteiger partial charge in [-0.15, -0.1) is 0 Å². The monoisotopic (exact) mass is 413 g/mol. The van der Waals surface area contributed by atoms with Gasteiger partial charge in [-0.1, -0.05) is 0 Å². The van der Waals surface area contributed by atoms with Gasteiger partial charge in [-0.2, -0.15) is 0 Å². The first-order valence-corrected chi connectivity index (χ1v) is 11.0. The number of piperidine rings is 1. The highest BCUT2D eigenvalue weighted by atomic mass is 32.2. The Hall–Kier alpha value is -2.84. The number of aromatic nitrogens is 1. The van der Waals surface area contributed by atoms with E-state index >= 15 is 0 Å². The van der Waals surface area contributed by atoms with Crippen LogP contribution in [0.3, 0.4) is 0 Å². The zero-order chi connectivity index (χ0) is 20.3. The number of sulfonamides is 1. The second-order valence-corrected chi connectivity index (χ2v) is 8.85. The number of amides is 1. The summed E-state index contributed by atoms with van der Waals surface area (Å²) in [6.45, 7) is 1.45. The predicted molar refractivity (Wildman–Crippen MR) is 108 cm³/mol. The molecule has 0 unspecified atom stereocenters. The molecule has 1 aliphatic rings. The first-order valence-electron chi connectivity index (χ1n) is 9.57. The highest BCUT2D eigenvalue weighted by molar-refractivity contribution is 7.89. The predicted octanol–water partition coefficient (Wildman–Crippen LogP) is 3.04. The lowest BCUT2D eigenvalue weighted by molar-refractivity contribution is 0.0694. The quantitative estimate of drug-likeness (QED) is 0.673. The van der Waals surface area contributed by atoms with Gasteiger partial charge in [-0.25, -0.2) is 13.1 Å². The Morgan fingerprint density at radius 1 is 1.03 bits per heavy atom. The molecule has 0 spiro atoms. The molecule has 29 heavy (non-hydrogen) atoms.